The van der Waals surface area contributed by atoms with Crippen molar-refractivity contribution in [3.8, 4) is 0 Å². The zero-order chi connectivity index (χ0) is 15.3. The van der Waals surface area contributed by atoms with Gasteiger partial charge in [-0.1, -0.05) is 0 Å². The fraction of sp³-hybridized carbons (Fsp3) is 0.778. The van der Waals surface area contributed by atoms with E-state index in [9.17, 15) is 9.59 Å². The number of carboxylic acids is 2. The summed E-state index contributed by atoms with van der Waals surface area (Å²) in [6, 6.07) is 0. The van der Waals surface area contributed by atoms with E-state index >= 15 is 0 Å². The first-order chi connectivity index (χ1) is 8.59. The van der Waals surface area contributed by atoms with Crippen LogP contribution < -0.4 is 0 Å². The fourth-order valence-corrected chi connectivity index (χ4v) is 3.51. The van der Waals surface area contributed by atoms with Crippen LogP contribution in [0.1, 0.15) is 6.42 Å². The number of hydrogen-bond donors (Lipinski definition) is 2. The van der Waals surface area contributed by atoms with Gasteiger partial charge in [0.05, 0.1) is 32.3 Å². The quantitative estimate of drug-likeness (QED) is 0.557. The molecule has 0 amide bonds. The molecule has 0 radical (unpaired) electrons. The summed E-state index contributed by atoms with van der Waals surface area (Å²) < 4.78 is 0. The Morgan fingerprint density at radius 2 is 0.789 bits per heavy atom. The number of carboxylic acid groups (broad SMARTS) is 2. The molecule has 0 spiro atoms. The van der Waals surface area contributed by atoms with Crippen LogP contribution in [0.15, 0.2) is 0 Å². The lowest BCUT2D eigenvalue weighted by Crippen LogP contribution is -2.52. The fourth-order valence-electron chi connectivity index (χ4n) is 1.18. The maximum absolute atomic E-state index is 9.43. The van der Waals surface area contributed by atoms with Crippen molar-refractivity contribution in [2.24, 2.45) is 0 Å². The molecule has 0 aromatic rings. The van der Waals surface area contributed by atoms with Gasteiger partial charge in [0.2, 0.25) is 0 Å². The topological polar surface area (TPSA) is 74.6 Å². The molecule has 2 N–H and O–H groups in total. The zero-order valence-electron chi connectivity index (χ0n) is 9.15. The molecule has 112 valence electrons. The van der Waals surface area contributed by atoms with Gasteiger partial charge in [0.1, 0.15) is 6.42 Å². The minimum absolute atomic E-state index is 0.437. The van der Waals surface area contributed by atoms with E-state index in [1.165, 1.54) is 0 Å². The minimum Gasteiger partial charge on any atom is -0.481 e. The number of halogens is 6. The molecule has 0 unspecified atom stereocenters. The summed E-state index contributed by atoms with van der Waals surface area (Å²) in [5.74, 6) is -2.62. The Hall–Kier alpha value is 0.680. The van der Waals surface area contributed by atoms with Crippen molar-refractivity contribution in [3.05, 3.63) is 0 Å². The number of carbonyl (C=O) groups is 2. The second kappa shape index (κ2) is 8.85. The number of hydrogen-bond acceptors (Lipinski definition) is 2. The van der Waals surface area contributed by atoms with E-state index in [-0.39, 0.29) is 0 Å². The Morgan fingerprint density at radius 3 is 0.842 bits per heavy atom. The van der Waals surface area contributed by atoms with E-state index in [1.54, 1.807) is 0 Å². The highest BCUT2D eigenvalue weighted by Crippen LogP contribution is 2.39. The summed E-state index contributed by atoms with van der Waals surface area (Å²) in [5.41, 5.74) is 0. The van der Waals surface area contributed by atoms with E-state index in [0.717, 1.165) is 0 Å². The first kappa shape index (κ1) is 19.7. The summed E-state index contributed by atoms with van der Waals surface area (Å²) in [7, 11) is 0. The third-order valence-electron chi connectivity index (χ3n) is 2.13. The lowest BCUT2D eigenvalue weighted by molar-refractivity contribution is -0.147. The first-order valence-corrected chi connectivity index (χ1v) is 7.49. The third-order valence-corrected chi connectivity index (χ3v) is 6.16. The normalized spacial score (nSPS) is 38.0. The summed E-state index contributed by atoms with van der Waals surface area (Å²) in [6.45, 7) is 0. The summed E-state index contributed by atoms with van der Waals surface area (Å²) in [6.07, 6.45) is -0.806. The number of alkyl halides is 6. The van der Waals surface area contributed by atoms with Crippen molar-refractivity contribution < 1.29 is 19.8 Å². The molecule has 1 aliphatic rings. The molecule has 0 heterocycles. The van der Waals surface area contributed by atoms with Crippen LogP contribution in [0.2, 0.25) is 0 Å². The van der Waals surface area contributed by atoms with Crippen molar-refractivity contribution >= 4 is 81.5 Å². The van der Waals surface area contributed by atoms with Gasteiger partial charge in [0.15, 0.2) is 0 Å². The average Bonchev–Trinajstić information content (AvgIpc) is 2.30. The highest BCUT2D eigenvalue weighted by Gasteiger charge is 2.46. The molecule has 0 aliphatic heterocycles. The summed E-state index contributed by atoms with van der Waals surface area (Å²) in [5, 5.41) is 12.8. The molecule has 10 heteroatoms. The molecule has 1 aliphatic carbocycles. The molecule has 0 atom stereocenters. The standard InChI is InChI=1S/C6H6Cl6.C3H4O4/c7-1-2(8)4(10)6(12)5(11)3(1)9;4-2(5)1-3(6)7/h1-6H;1H2,(H,4,5)(H,6,7). The highest BCUT2D eigenvalue weighted by atomic mass is 35.5. The van der Waals surface area contributed by atoms with Gasteiger partial charge in [0, 0.05) is 0 Å². The van der Waals surface area contributed by atoms with Crippen LogP contribution in [0.3, 0.4) is 0 Å². The maximum Gasteiger partial charge on any atom is 0.314 e. The van der Waals surface area contributed by atoms with E-state index in [0.29, 0.717) is 0 Å². The molecular weight excluding hydrogens is 385 g/mol. The Labute approximate surface area is 139 Å². The van der Waals surface area contributed by atoms with E-state index in [4.69, 9.17) is 79.8 Å². The Morgan fingerprint density at radius 1 is 0.632 bits per heavy atom. The van der Waals surface area contributed by atoms with Crippen molar-refractivity contribution in [2.75, 3.05) is 0 Å². The van der Waals surface area contributed by atoms with Gasteiger partial charge in [0.25, 0.3) is 0 Å². The van der Waals surface area contributed by atoms with Crippen LogP contribution in [0, 0.1) is 0 Å². The van der Waals surface area contributed by atoms with Gasteiger partial charge in [-0.3, -0.25) is 9.59 Å². The largest absolute Gasteiger partial charge is 0.481 e. The van der Waals surface area contributed by atoms with Crippen molar-refractivity contribution in [2.45, 2.75) is 38.7 Å². The predicted molar refractivity (Wildman–Crippen MR) is 77.7 cm³/mol. The lowest BCUT2D eigenvalue weighted by atomic mass is 9.97. The molecule has 4 nitrogen and oxygen atoms in total. The van der Waals surface area contributed by atoms with Crippen LogP contribution in [0.5, 0.6) is 0 Å². The highest BCUT2D eigenvalue weighted by molar-refractivity contribution is 6.45. The molecule has 1 rings (SSSR count). The van der Waals surface area contributed by atoms with Crippen molar-refractivity contribution in [3.63, 3.8) is 0 Å². The molecule has 19 heavy (non-hydrogen) atoms. The Kier molecular flexibility index (Phi) is 9.17. The van der Waals surface area contributed by atoms with Gasteiger partial charge < -0.3 is 10.2 Å². The van der Waals surface area contributed by atoms with Gasteiger partial charge in [-0.15, -0.1) is 69.6 Å². The smallest absolute Gasteiger partial charge is 0.314 e. The van der Waals surface area contributed by atoms with Crippen LogP contribution in [0.4, 0.5) is 0 Å². The SMILES string of the molecule is ClC1C(Cl)C(Cl)C(Cl)C(Cl)C1Cl.O=C(O)CC(=O)O. The van der Waals surface area contributed by atoms with E-state index in [1.807, 2.05) is 0 Å². The van der Waals surface area contributed by atoms with Gasteiger partial charge in [-0.25, -0.2) is 0 Å². The first-order valence-electron chi connectivity index (χ1n) is 4.87. The molecular formula is C9H10Cl6O4. The van der Waals surface area contributed by atoms with Gasteiger partial charge >= 0.3 is 11.9 Å². The second-order valence-corrected chi connectivity index (χ2v) is 6.65. The molecule has 0 aromatic carbocycles. The van der Waals surface area contributed by atoms with Gasteiger partial charge in [-0.2, -0.15) is 0 Å². The van der Waals surface area contributed by atoms with Crippen LogP contribution in [0.25, 0.3) is 0 Å². The summed E-state index contributed by atoms with van der Waals surface area (Å²) >= 11 is 35.3. The van der Waals surface area contributed by atoms with E-state index in [2.05, 4.69) is 0 Å². The van der Waals surface area contributed by atoms with Gasteiger partial charge in [-0.05, 0) is 0 Å². The van der Waals surface area contributed by atoms with Crippen LogP contribution in [-0.2, 0) is 9.59 Å². The molecule has 1 saturated carbocycles. The van der Waals surface area contributed by atoms with Crippen LogP contribution >= 0.6 is 69.6 Å². The second-order valence-electron chi connectivity index (χ2n) is 3.63. The predicted octanol–water partition coefficient (Wildman–Crippen LogP) is 3.19. The lowest BCUT2D eigenvalue weighted by Gasteiger charge is -2.37. The minimum atomic E-state index is -1.31. The zero-order valence-corrected chi connectivity index (χ0v) is 13.7. The Bertz CT molecular complexity index is 257. The summed E-state index contributed by atoms with van der Waals surface area (Å²) in [4.78, 5) is 18.9. The molecule has 0 aromatic heterocycles. The maximum atomic E-state index is 9.43. The van der Waals surface area contributed by atoms with E-state index < -0.39 is 50.6 Å². The number of rotatable bonds is 2. The third kappa shape index (κ3) is 6.32. The monoisotopic (exact) mass is 392 g/mol. The van der Waals surface area contributed by atoms with Crippen molar-refractivity contribution in [1.82, 2.24) is 0 Å². The molecule has 1 fully saturated rings. The Balaban J connectivity index is 0.000000399. The molecule has 0 saturated heterocycles. The average molecular weight is 395 g/mol. The van der Waals surface area contributed by atoms with Crippen LogP contribution in [-0.4, -0.2) is 54.4 Å². The molecule has 0 bridgehead atoms. The van der Waals surface area contributed by atoms with Crippen molar-refractivity contribution in [1.29, 1.82) is 0 Å². The number of aliphatic carboxylic acids is 2.